The second-order valence-corrected chi connectivity index (χ2v) is 8.28. The van der Waals surface area contributed by atoms with Crippen LogP contribution in [0.1, 0.15) is 22.6 Å². The maximum atomic E-state index is 14.1. The fourth-order valence-electron chi connectivity index (χ4n) is 4.46. The molecule has 0 saturated carbocycles. The van der Waals surface area contributed by atoms with E-state index in [1.54, 1.807) is 84.8 Å². The third-order valence-electron chi connectivity index (χ3n) is 6.11. The number of halogens is 3. The lowest BCUT2D eigenvalue weighted by molar-refractivity contribution is -0.140. The van der Waals surface area contributed by atoms with Crippen molar-refractivity contribution < 1.29 is 23.0 Å². The number of rotatable bonds is 5. The minimum absolute atomic E-state index is 0.00810. The molecule has 9 heteroatoms. The van der Waals surface area contributed by atoms with Crippen LogP contribution in [-0.4, -0.2) is 31.7 Å². The Labute approximate surface area is 204 Å². The van der Waals surface area contributed by atoms with Gasteiger partial charge in [-0.25, -0.2) is 9.97 Å². The molecule has 1 unspecified atom stereocenters. The van der Waals surface area contributed by atoms with Crippen LogP contribution in [0.4, 0.5) is 13.2 Å². The van der Waals surface area contributed by atoms with Crippen molar-refractivity contribution in [1.82, 2.24) is 19.5 Å². The molecule has 0 saturated heterocycles. The number of nitrogens with zero attached hydrogens (tertiary/aromatic N) is 4. The van der Waals surface area contributed by atoms with Gasteiger partial charge in [-0.1, -0.05) is 42.5 Å². The summed E-state index contributed by atoms with van der Waals surface area (Å²) in [4.78, 5) is 12.5. The molecule has 0 aliphatic heterocycles. The number of imidazole rings is 1. The van der Waals surface area contributed by atoms with Crippen LogP contribution in [0.2, 0.25) is 0 Å². The molecule has 3 aromatic heterocycles. The highest BCUT2D eigenvalue weighted by Crippen LogP contribution is 2.46. The zero-order valence-corrected chi connectivity index (χ0v) is 19.4. The smallest absolute Gasteiger partial charge is 0.434 e. The van der Waals surface area contributed by atoms with Gasteiger partial charge in [-0.3, -0.25) is 4.98 Å². The van der Waals surface area contributed by atoms with Crippen molar-refractivity contribution in [3.05, 3.63) is 108 Å². The number of fused-ring (bicyclic) bond motifs is 1. The van der Waals surface area contributed by atoms with Gasteiger partial charge in [0, 0.05) is 18.6 Å². The summed E-state index contributed by atoms with van der Waals surface area (Å²) in [6.07, 6.45) is -0.0796. The lowest BCUT2D eigenvalue weighted by Gasteiger charge is -2.29. The van der Waals surface area contributed by atoms with Gasteiger partial charge in [0.05, 0.1) is 42.1 Å². The number of aryl methyl sites for hydroxylation is 1. The zero-order valence-electron chi connectivity index (χ0n) is 19.4. The second kappa shape index (κ2) is 8.76. The quantitative estimate of drug-likeness (QED) is 0.360. The van der Waals surface area contributed by atoms with Crippen molar-refractivity contribution in [3.8, 4) is 16.9 Å². The van der Waals surface area contributed by atoms with E-state index in [9.17, 15) is 18.3 Å². The van der Waals surface area contributed by atoms with E-state index in [-0.39, 0.29) is 16.8 Å². The standard InChI is InChI=1S/C27H21F3N4O2/c1-34-16-31-15-22(34)26(35,21-10-6-7-13-32-21)18-11-12-20-19(14-18)24(36-2)23(17-8-4-3-5-9-17)25(33-20)27(28,29)30/h3-16,35H,1-2H3. The summed E-state index contributed by atoms with van der Waals surface area (Å²) in [5.74, 6) is 0.00810. The summed E-state index contributed by atoms with van der Waals surface area (Å²) in [6, 6.07) is 17.9. The number of ether oxygens (including phenoxy) is 1. The maximum Gasteiger partial charge on any atom is 0.434 e. The first-order valence-corrected chi connectivity index (χ1v) is 11.0. The van der Waals surface area contributed by atoms with Crippen LogP contribution in [0.3, 0.4) is 0 Å². The number of pyridine rings is 2. The molecule has 3 heterocycles. The van der Waals surface area contributed by atoms with Gasteiger partial charge >= 0.3 is 6.18 Å². The number of aromatic nitrogens is 4. The molecule has 5 aromatic rings. The number of hydrogen-bond acceptors (Lipinski definition) is 5. The lowest BCUT2D eigenvalue weighted by Crippen LogP contribution is -2.32. The van der Waals surface area contributed by atoms with Crippen LogP contribution in [0.15, 0.2) is 85.5 Å². The molecule has 2 aromatic carbocycles. The molecule has 1 N–H and O–H groups in total. The molecular weight excluding hydrogens is 469 g/mol. The predicted molar refractivity (Wildman–Crippen MR) is 128 cm³/mol. The molecule has 6 nitrogen and oxygen atoms in total. The van der Waals surface area contributed by atoms with Crippen molar-refractivity contribution >= 4 is 10.9 Å². The molecule has 5 rings (SSSR count). The summed E-state index contributed by atoms with van der Waals surface area (Å²) >= 11 is 0. The van der Waals surface area contributed by atoms with Crippen LogP contribution in [0, 0.1) is 0 Å². The fraction of sp³-hybridized carbons (Fsp3) is 0.148. The van der Waals surface area contributed by atoms with Crippen LogP contribution in [-0.2, 0) is 18.8 Å². The average molecular weight is 490 g/mol. The molecule has 0 fully saturated rings. The van der Waals surface area contributed by atoms with E-state index in [2.05, 4.69) is 15.0 Å². The Kier molecular flexibility index (Phi) is 5.72. The zero-order chi connectivity index (χ0) is 25.5. The van der Waals surface area contributed by atoms with Gasteiger partial charge in [0.25, 0.3) is 0 Å². The molecule has 1 atom stereocenters. The Bertz CT molecular complexity index is 1540. The summed E-state index contributed by atoms with van der Waals surface area (Å²) in [6.45, 7) is 0. The highest BCUT2D eigenvalue weighted by atomic mass is 19.4. The van der Waals surface area contributed by atoms with Crippen LogP contribution >= 0.6 is 0 Å². The normalized spacial score (nSPS) is 13.5. The molecule has 0 aliphatic rings. The third-order valence-corrected chi connectivity index (χ3v) is 6.11. The average Bonchev–Trinajstić information content (AvgIpc) is 3.33. The highest BCUT2D eigenvalue weighted by molar-refractivity contribution is 5.94. The lowest BCUT2D eigenvalue weighted by atomic mass is 9.85. The summed E-state index contributed by atoms with van der Waals surface area (Å²) < 4.78 is 49.6. The van der Waals surface area contributed by atoms with Crippen molar-refractivity contribution in [2.45, 2.75) is 11.8 Å². The topological polar surface area (TPSA) is 73.1 Å². The Balaban J connectivity index is 1.85. The molecule has 0 spiro atoms. The number of benzene rings is 2. The van der Waals surface area contributed by atoms with Crippen LogP contribution in [0.25, 0.3) is 22.0 Å². The van der Waals surface area contributed by atoms with E-state index in [0.717, 1.165) is 0 Å². The largest absolute Gasteiger partial charge is 0.495 e. The molecule has 182 valence electrons. The number of aliphatic hydroxyl groups is 1. The third kappa shape index (κ3) is 3.77. The van der Waals surface area contributed by atoms with Crippen LogP contribution < -0.4 is 4.74 Å². The second-order valence-electron chi connectivity index (χ2n) is 8.28. The first kappa shape index (κ1) is 23.5. The van der Waals surface area contributed by atoms with E-state index in [4.69, 9.17) is 4.74 Å². The van der Waals surface area contributed by atoms with Crippen molar-refractivity contribution in [2.24, 2.45) is 7.05 Å². The Morgan fingerprint density at radius 1 is 0.972 bits per heavy atom. The van der Waals surface area contributed by atoms with Gasteiger partial charge in [0.15, 0.2) is 11.3 Å². The van der Waals surface area contributed by atoms with Crippen molar-refractivity contribution in [3.63, 3.8) is 0 Å². The highest BCUT2D eigenvalue weighted by Gasteiger charge is 2.40. The molecule has 0 bridgehead atoms. The van der Waals surface area contributed by atoms with Gasteiger partial charge in [-0.15, -0.1) is 0 Å². The minimum atomic E-state index is -4.71. The van der Waals surface area contributed by atoms with E-state index >= 15 is 0 Å². The molecule has 0 aliphatic carbocycles. The maximum absolute atomic E-state index is 14.1. The van der Waals surface area contributed by atoms with E-state index in [0.29, 0.717) is 27.9 Å². The molecule has 36 heavy (non-hydrogen) atoms. The van der Waals surface area contributed by atoms with Crippen LogP contribution in [0.5, 0.6) is 5.75 Å². The Morgan fingerprint density at radius 2 is 1.72 bits per heavy atom. The van der Waals surface area contributed by atoms with Crippen molar-refractivity contribution in [1.29, 1.82) is 0 Å². The number of hydrogen-bond donors (Lipinski definition) is 1. The van der Waals surface area contributed by atoms with Gasteiger partial charge in [-0.2, -0.15) is 13.2 Å². The monoisotopic (exact) mass is 490 g/mol. The molecular formula is C27H21F3N4O2. The van der Waals surface area contributed by atoms with Gasteiger partial charge in [-0.05, 0) is 35.4 Å². The van der Waals surface area contributed by atoms with E-state index in [1.165, 1.54) is 19.4 Å². The number of methoxy groups -OCH3 is 1. The Hall–Kier alpha value is -4.24. The predicted octanol–water partition coefficient (Wildman–Crippen LogP) is 5.34. The van der Waals surface area contributed by atoms with Gasteiger partial charge < -0.3 is 14.4 Å². The SMILES string of the molecule is COc1c(-c2ccccc2)c(C(F)(F)F)nc2ccc(C(O)(c3ccccn3)c3cncn3C)cc12. The van der Waals surface area contributed by atoms with Crippen molar-refractivity contribution in [2.75, 3.05) is 7.11 Å². The summed E-state index contributed by atoms with van der Waals surface area (Å²) in [5.41, 5.74) is -1.44. The van der Waals surface area contributed by atoms with E-state index < -0.39 is 17.5 Å². The number of alkyl halides is 3. The Morgan fingerprint density at radius 3 is 2.33 bits per heavy atom. The molecule has 0 amide bonds. The van der Waals surface area contributed by atoms with Gasteiger partial charge in [0.2, 0.25) is 0 Å². The summed E-state index contributed by atoms with van der Waals surface area (Å²) in [7, 11) is 3.06. The van der Waals surface area contributed by atoms with E-state index in [1.807, 2.05) is 0 Å². The first-order valence-electron chi connectivity index (χ1n) is 11.0. The minimum Gasteiger partial charge on any atom is -0.495 e. The first-order chi connectivity index (χ1) is 17.2. The van der Waals surface area contributed by atoms with Gasteiger partial charge in [0.1, 0.15) is 5.75 Å². The molecule has 0 radical (unpaired) electrons. The fourth-order valence-corrected chi connectivity index (χ4v) is 4.46. The summed E-state index contributed by atoms with van der Waals surface area (Å²) in [5, 5.41) is 12.4.